The Hall–Kier alpha value is -1.89. The molecule has 7 heteroatoms. The number of ether oxygens (including phenoxy) is 1. The van der Waals surface area contributed by atoms with Gasteiger partial charge < -0.3 is 15.0 Å². The van der Waals surface area contributed by atoms with E-state index in [1.54, 1.807) is 22.4 Å². The molecule has 1 N–H and O–H groups in total. The van der Waals surface area contributed by atoms with Crippen molar-refractivity contribution in [3.05, 3.63) is 22.4 Å². The van der Waals surface area contributed by atoms with Crippen LogP contribution in [0.1, 0.15) is 55.6 Å². The van der Waals surface area contributed by atoms with E-state index in [9.17, 15) is 14.4 Å². The van der Waals surface area contributed by atoms with Gasteiger partial charge in [-0.1, -0.05) is 39.2 Å². The molecule has 0 saturated carbocycles. The van der Waals surface area contributed by atoms with Crippen LogP contribution in [0.3, 0.4) is 0 Å². The number of hydrogen-bond acceptors (Lipinski definition) is 5. The van der Waals surface area contributed by atoms with Gasteiger partial charge in [-0.05, 0) is 30.2 Å². The van der Waals surface area contributed by atoms with Gasteiger partial charge in [0.2, 0.25) is 0 Å². The second-order valence-corrected chi connectivity index (χ2v) is 7.88. The fourth-order valence-electron chi connectivity index (χ4n) is 2.93. The summed E-state index contributed by atoms with van der Waals surface area (Å²) >= 11 is 1.31. The van der Waals surface area contributed by atoms with Gasteiger partial charge in [0.25, 0.3) is 11.8 Å². The Morgan fingerprint density at radius 1 is 1.15 bits per heavy atom. The summed E-state index contributed by atoms with van der Waals surface area (Å²) in [7, 11) is 0. The largest absolute Gasteiger partial charge is 0.454 e. The molecule has 2 amide bonds. The van der Waals surface area contributed by atoms with Crippen LogP contribution in [-0.4, -0.2) is 48.4 Å². The number of hydrogen-bond donors (Lipinski definition) is 1. The molecule has 1 aliphatic heterocycles. The number of amides is 2. The number of thiophene rings is 1. The van der Waals surface area contributed by atoms with Gasteiger partial charge in [0, 0.05) is 13.1 Å². The monoisotopic (exact) mass is 380 g/mol. The van der Waals surface area contributed by atoms with E-state index >= 15 is 0 Å². The topological polar surface area (TPSA) is 75.7 Å². The minimum Gasteiger partial charge on any atom is -0.454 e. The first-order valence-electron chi connectivity index (χ1n) is 9.28. The zero-order valence-electron chi connectivity index (χ0n) is 15.5. The third kappa shape index (κ3) is 6.12. The number of carbonyl (C=O) groups excluding carboxylic acids is 3. The van der Waals surface area contributed by atoms with Crippen molar-refractivity contribution in [2.75, 3.05) is 19.7 Å². The standard InChI is InChI=1S/C19H28N2O4S/c1-14(2)17(20-18(23)15-9-8-12-26-15)19(24)25-13-16(22)21-10-6-4-3-5-7-11-21/h8-9,12,14,17H,3-7,10-11,13H2,1-2H3,(H,20,23)/t17-/m1/s1. The predicted molar refractivity (Wildman–Crippen MR) is 101 cm³/mol. The van der Waals surface area contributed by atoms with Gasteiger partial charge >= 0.3 is 5.97 Å². The van der Waals surface area contributed by atoms with Crippen molar-refractivity contribution in [3.63, 3.8) is 0 Å². The SMILES string of the molecule is CC(C)[C@@H](NC(=O)c1cccs1)C(=O)OCC(=O)N1CCCCCCC1. The maximum atomic E-state index is 12.4. The normalized spacial score (nSPS) is 16.5. The molecule has 2 rings (SSSR count). The zero-order valence-corrected chi connectivity index (χ0v) is 16.3. The molecule has 2 heterocycles. The van der Waals surface area contributed by atoms with Crippen LogP contribution in [-0.2, 0) is 14.3 Å². The summed E-state index contributed by atoms with van der Waals surface area (Å²) in [4.78, 5) is 39.2. The first kappa shape index (κ1) is 20.4. The third-order valence-electron chi connectivity index (χ3n) is 4.50. The minimum absolute atomic E-state index is 0.136. The summed E-state index contributed by atoms with van der Waals surface area (Å²) in [6, 6.07) is 2.71. The van der Waals surface area contributed by atoms with Crippen LogP contribution in [0.25, 0.3) is 0 Å². The summed E-state index contributed by atoms with van der Waals surface area (Å²) in [6.07, 6.45) is 5.47. The number of likely N-dealkylation sites (tertiary alicyclic amines) is 1. The van der Waals surface area contributed by atoms with Gasteiger partial charge in [-0.25, -0.2) is 4.79 Å². The molecule has 0 unspecified atom stereocenters. The van der Waals surface area contributed by atoms with Crippen LogP contribution in [0.4, 0.5) is 0 Å². The Kier molecular flexibility index (Phi) is 8.09. The molecule has 1 aromatic rings. The molecule has 0 radical (unpaired) electrons. The molecular formula is C19H28N2O4S. The average Bonchev–Trinajstić information content (AvgIpc) is 3.11. The molecule has 1 atom stereocenters. The number of rotatable bonds is 6. The van der Waals surface area contributed by atoms with E-state index in [0.29, 0.717) is 4.88 Å². The Morgan fingerprint density at radius 3 is 2.38 bits per heavy atom. The quantitative estimate of drug-likeness (QED) is 0.770. The summed E-state index contributed by atoms with van der Waals surface area (Å²) in [6.45, 7) is 4.84. The molecule has 6 nitrogen and oxygen atoms in total. The van der Waals surface area contributed by atoms with Crippen molar-refractivity contribution in [2.45, 2.75) is 52.0 Å². The highest BCUT2D eigenvalue weighted by molar-refractivity contribution is 7.12. The van der Waals surface area contributed by atoms with Crippen molar-refractivity contribution >= 4 is 29.1 Å². The first-order valence-corrected chi connectivity index (χ1v) is 10.2. The van der Waals surface area contributed by atoms with Gasteiger partial charge in [-0.2, -0.15) is 0 Å². The molecular weight excluding hydrogens is 352 g/mol. The second-order valence-electron chi connectivity index (χ2n) is 6.93. The van der Waals surface area contributed by atoms with Crippen LogP contribution in [0.2, 0.25) is 0 Å². The van der Waals surface area contributed by atoms with E-state index in [2.05, 4.69) is 5.32 Å². The lowest BCUT2D eigenvalue weighted by Gasteiger charge is -2.25. The molecule has 0 spiro atoms. The second kappa shape index (κ2) is 10.3. The van der Waals surface area contributed by atoms with Crippen molar-refractivity contribution in [1.82, 2.24) is 10.2 Å². The Labute approximate surface area is 158 Å². The molecule has 0 aromatic carbocycles. The van der Waals surface area contributed by atoms with Crippen LogP contribution >= 0.6 is 11.3 Å². The van der Waals surface area contributed by atoms with E-state index in [1.807, 2.05) is 13.8 Å². The summed E-state index contributed by atoms with van der Waals surface area (Å²) < 4.78 is 5.23. The fourth-order valence-corrected chi connectivity index (χ4v) is 3.56. The molecule has 1 aliphatic rings. The lowest BCUT2D eigenvalue weighted by molar-refractivity contribution is -0.154. The van der Waals surface area contributed by atoms with E-state index in [-0.39, 0.29) is 24.3 Å². The molecule has 0 bridgehead atoms. The summed E-state index contributed by atoms with van der Waals surface area (Å²) in [5.41, 5.74) is 0. The van der Waals surface area contributed by atoms with Gasteiger partial charge in [-0.3, -0.25) is 9.59 Å². The highest BCUT2D eigenvalue weighted by Crippen LogP contribution is 2.12. The number of nitrogens with one attached hydrogen (secondary N) is 1. The molecule has 1 aromatic heterocycles. The van der Waals surface area contributed by atoms with Crippen LogP contribution in [0.15, 0.2) is 17.5 Å². The first-order chi connectivity index (χ1) is 12.5. The van der Waals surface area contributed by atoms with Crippen LogP contribution in [0.5, 0.6) is 0 Å². The van der Waals surface area contributed by atoms with Crippen molar-refractivity contribution in [2.24, 2.45) is 5.92 Å². The van der Waals surface area contributed by atoms with E-state index in [4.69, 9.17) is 4.74 Å². The van der Waals surface area contributed by atoms with Gasteiger partial charge in [0.1, 0.15) is 6.04 Å². The van der Waals surface area contributed by atoms with E-state index in [1.165, 1.54) is 17.8 Å². The Balaban J connectivity index is 1.86. The summed E-state index contributed by atoms with van der Waals surface area (Å²) in [5, 5.41) is 4.52. The fraction of sp³-hybridized carbons (Fsp3) is 0.632. The van der Waals surface area contributed by atoms with Crippen molar-refractivity contribution < 1.29 is 19.1 Å². The van der Waals surface area contributed by atoms with Crippen molar-refractivity contribution in [3.8, 4) is 0 Å². The van der Waals surface area contributed by atoms with Crippen LogP contribution < -0.4 is 5.32 Å². The molecule has 0 aliphatic carbocycles. The molecule has 1 fully saturated rings. The lowest BCUT2D eigenvalue weighted by Crippen LogP contribution is -2.46. The minimum atomic E-state index is -0.773. The molecule has 26 heavy (non-hydrogen) atoms. The zero-order chi connectivity index (χ0) is 18.9. The maximum Gasteiger partial charge on any atom is 0.329 e. The van der Waals surface area contributed by atoms with Gasteiger partial charge in [0.15, 0.2) is 6.61 Å². The highest BCUT2D eigenvalue weighted by Gasteiger charge is 2.27. The lowest BCUT2D eigenvalue weighted by atomic mass is 10.0. The predicted octanol–water partition coefficient (Wildman–Crippen LogP) is 2.84. The Morgan fingerprint density at radius 2 is 1.81 bits per heavy atom. The van der Waals surface area contributed by atoms with Gasteiger partial charge in [-0.15, -0.1) is 11.3 Å². The molecule has 144 valence electrons. The highest BCUT2D eigenvalue weighted by atomic mass is 32.1. The Bertz CT molecular complexity index is 593. The van der Waals surface area contributed by atoms with Gasteiger partial charge in [0.05, 0.1) is 4.88 Å². The third-order valence-corrected chi connectivity index (χ3v) is 5.37. The number of esters is 1. The van der Waals surface area contributed by atoms with E-state index in [0.717, 1.165) is 38.8 Å². The number of nitrogens with zero attached hydrogens (tertiary/aromatic N) is 1. The maximum absolute atomic E-state index is 12.4. The molecule has 1 saturated heterocycles. The van der Waals surface area contributed by atoms with Crippen LogP contribution in [0, 0.1) is 5.92 Å². The smallest absolute Gasteiger partial charge is 0.329 e. The summed E-state index contributed by atoms with van der Waals surface area (Å²) in [5.74, 6) is -1.16. The van der Waals surface area contributed by atoms with E-state index < -0.39 is 12.0 Å². The average molecular weight is 381 g/mol. The van der Waals surface area contributed by atoms with Crippen molar-refractivity contribution in [1.29, 1.82) is 0 Å². The number of carbonyl (C=O) groups is 3.